The number of carboxylic acid groups (broad SMARTS) is 1. The summed E-state index contributed by atoms with van der Waals surface area (Å²) in [5.74, 6) is -0.212. The Morgan fingerprint density at radius 1 is 1.28 bits per heavy atom. The zero-order chi connectivity index (χ0) is 13.2. The molecule has 0 aromatic rings. The normalized spacial score (nSPS) is 32.4. The second-order valence-corrected chi connectivity index (χ2v) is 7.61. The van der Waals surface area contributed by atoms with Crippen molar-refractivity contribution in [2.24, 2.45) is 0 Å². The van der Waals surface area contributed by atoms with E-state index < -0.39 is 15.8 Å². The van der Waals surface area contributed by atoms with Crippen LogP contribution in [0.4, 0.5) is 0 Å². The number of hydrogen-bond acceptors (Lipinski definition) is 4. The van der Waals surface area contributed by atoms with Crippen LogP contribution < -0.4 is 0 Å². The van der Waals surface area contributed by atoms with Gasteiger partial charge in [-0.25, -0.2) is 8.42 Å². The first-order chi connectivity index (χ1) is 8.48. The number of hydrogen-bond donors (Lipinski definition) is 1. The largest absolute Gasteiger partial charge is 0.481 e. The molecule has 2 atom stereocenters. The van der Waals surface area contributed by atoms with E-state index in [1.165, 1.54) is 0 Å². The Kier molecular flexibility index (Phi) is 4.27. The van der Waals surface area contributed by atoms with E-state index in [0.717, 1.165) is 25.8 Å². The molecule has 0 spiro atoms. The highest BCUT2D eigenvalue weighted by atomic mass is 32.2. The van der Waals surface area contributed by atoms with Crippen molar-refractivity contribution in [3.05, 3.63) is 0 Å². The van der Waals surface area contributed by atoms with Gasteiger partial charge in [-0.1, -0.05) is 6.42 Å². The van der Waals surface area contributed by atoms with Gasteiger partial charge in [0.2, 0.25) is 0 Å². The van der Waals surface area contributed by atoms with Crippen LogP contribution in [-0.2, 0) is 14.6 Å². The average molecular weight is 275 g/mol. The predicted octanol–water partition coefficient (Wildman–Crippen LogP) is 0.893. The fraction of sp³-hybridized carbons (Fsp3) is 0.917. The van der Waals surface area contributed by atoms with E-state index in [9.17, 15) is 13.2 Å². The Labute approximate surface area is 108 Å². The molecule has 0 amide bonds. The van der Waals surface area contributed by atoms with Gasteiger partial charge >= 0.3 is 5.97 Å². The average Bonchev–Trinajstić information content (AvgIpc) is 2.67. The monoisotopic (exact) mass is 275 g/mol. The van der Waals surface area contributed by atoms with E-state index in [2.05, 4.69) is 4.90 Å². The number of carboxylic acids is 1. The van der Waals surface area contributed by atoms with E-state index in [1.807, 2.05) is 0 Å². The van der Waals surface area contributed by atoms with Crippen LogP contribution in [0.2, 0.25) is 0 Å². The van der Waals surface area contributed by atoms with Gasteiger partial charge in [-0.3, -0.25) is 9.69 Å². The van der Waals surface area contributed by atoms with Crippen molar-refractivity contribution in [2.75, 3.05) is 18.1 Å². The summed E-state index contributed by atoms with van der Waals surface area (Å²) < 4.78 is 23.1. The minimum atomic E-state index is -2.86. The van der Waals surface area contributed by atoms with Crippen LogP contribution in [0.15, 0.2) is 0 Å². The van der Waals surface area contributed by atoms with Crippen LogP contribution in [0.25, 0.3) is 0 Å². The molecule has 0 radical (unpaired) electrons. The topological polar surface area (TPSA) is 74.7 Å². The summed E-state index contributed by atoms with van der Waals surface area (Å²) in [5.41, 5.74) is 0. The fourth-order valence-electron chi connectivity index (χ4n) is 3.14. The highest BCUT2D eigenvalue weighted by Gasteiger charge is 2.36. The van der Waals surface area contributed by atoms with Crippen LogP contribution in [0, 0.1) is 0 Å². The molecule has 2 unspecified atom stereocenters. The van der Waals surface area contributed by atoms with Gasteiger partial charge in [0, 0.05) is 18.5 Å². The van der Waals surface area contributed by atoms with E-state index in [0.29, 0.717) is 18.6 Å². The van der Waals surface area contributed by atoms with Gasteiger partial charge in [0.15, 0.2) is 9.84 Å². The lowest BCUT2D eigenvalue weighted by atomic mass is 9.95. The maximum atomic E-state index is 11.5. The molecule has 2 saturated heterocycles. The van der Waals surface area contributed by atoms with Crippen molar-refractivity contribution >= 4 is 15.8 Å². The molecule has 2 aliphatic heterocycles. The molecule has 6 heteroatoms. The molecule has 1 N–H and O–H groups in total. The Balaban J connectivity index is 1.97. The fourth-order valence-corrected chi connectivity index (χ4v) is 4.88. The van der Waals surface area contributed by atoms with Crippen molar-refractivity contribution in [1.29, 1.82) is 0 Å². The second-order valence-electron chi connectivity index (χ2n) is 5.38. The van der Waals surface area contributed by atoms with Crippen molar-refractivity contribution in [3.8, 4) is 0 Å². The number of sulfone groups is 1. The van der Waals surface area contributed by atoms with Gasteiger partial charge in [-0.2, -0.15) is 0 Å². The molecule has 0 saturated carbocycles. The Morgan fingerprint density at radius 2 is 2.06 bits per heavy atom. The lowest BCUT2D eigenvalue weighted by Gasteiger charge is -2.39. The van der Waals surface area contributed by atoms with Gasteiger partial charge in [0.05, 0.1) is 11.5 Å². The highest BCUT2D eigenvalue weighted by molar-refractivity contribution is 7.91. The predicted molar refractivity (Wildman–Crippen MR) is 68.3 cm³/mol. The molecular weight excluding hydrogens is 254 g/mol. The summed E-state index contributed by atoms with van der Waals surface area (Å²) in [6.07, 6.45) is 4.77. The number of piperidine rings is 1. The quantitative estimate of drug-likeness (QED) is 0.825. The standard InChI is InChI=1S/C12H21NO4S/c14-12(15)5-4-10-3-1-2-7-13(10)11-6-8-18(16,17)9-11/h10-11H,1-9H2,(H,14,15). The third kappa shape index (κ3) is 3.45. The molecule has 104 valence electrons. The number of aliphatic carboxylic acids is 1. The summed E-state index contributed by atoms with van der Waals surface area (Å²) in [7, 11) is -2.86. The molecular formula is C12H21NO4S. The number of nitrogens with zero attached hydrogens (tertiary/aromatic N) is 1. The summed E-state index contributed by atoms with van der Waals surface area (Å²) in [6.45, 7) is 0.921. The molecule has 5 nitrogen and oxygen atoms in total. The van der Waals surface area contributed by atoms with Crippen molar-refractivity contribution < 1.29 is 18.3 Å². The molecule has 2 heterocycles. The second kappa shape index (κ2) is 5.57. The molecule has 0 aromatic carbocycles. The smallest absolute Gasteiger partial charge is 0.303 e. The third-order valence-electron chi connectivity index (χ3n) is 4.04. The molecule has 2 rings (SSSR count). The van der Waals surface area contributed by atoms with Crippen molar-refractivity contribution in [1.82, 2.24) is 4.90 Å². The summed E-state index contributed by atoms with van der Waals surface area (Å²) >= 11 is 0. The summed E-state index contributed by atoms with van der Waals surface area (Å²) in [6, 6.07) is 0.377. The third-order valence-corrected chi connectivity index (χ3v) is 5.79. The van der Waals surface area contributed by atoms with E-state index in [4.69, 9.17) is 5.11 Å². The molecule has 2 aliphatic rings. The number of rotatable bonds is 4. The van der Waals surface area contributed by atoms with Crippen LogP contribution in [0.3, 0.4) is 0 Å². The van der Waals surface area contributed by atoms with Gasteiger partial charge in [-0.15, -0.1) is 0 Å². The van der Waals surface area contributed by atoms with Gasteiger partial charge in [-0.05, 0) is 32.2 Å². The number of carbonyl (C=O) groups is 1. The molecule has 0 aliphatic carbocycles. The Hall–Kier alpha value is -0.620. The van der Waals surface area contributed by atoms with Crippen LogP contribution in [-0.4, -0.2) is 54.5 Å². The van der Waals surface area contributed by atoms with Crippen LogP contribution in [0.1, 0.15) is 38.5 Å². The lowest BCUT2D eigenvalue weighted by Crippen LogP contribution is -2.47. The van der Waals surface area contributed by atoms with Crippen LogP contribution >= 0.6 is 0 Å². The molecule has 0 bridgehead atoms. The van der Waals surface area contributed by atoms with E-state index in [-0.39, 0.29) is 24.3 Å². The summed E-state index contributed by atoms with van der Waals surface area (Å²) in [5, 5.41) is 8.76. The first-order valence-corrected chi connectivity index (χ1v) is 8.48. The molecule has 0 aromatic heterocycles. The Bertz CT molecular complexity index is 406. The van der Waals surface area contributed by atoms with Crippen LogP contribution in [0.5, 0.6) is 0 Å². The van der Waals surface area contributed by atoms with E-state index in [1.54, 1.807) is 0 Å². The van der Waals surface area contributed by atoms with Crippen molar-refractivity contribution in [3.63, 3.8) is 0 Å². The molecule has 18 heavy (non-hydrogen) atoms. The SMILES string of the molecule is O=C(O)CCC1CCCCN1C1CCS(=O)(=O)C1. The lowest BCUT2D eigenvalue weighted by molar-refractivity contribution is -0.137. The first-order valence-electron chi connectivity index (χ1n) is 6.66. The zero-order valence-corrected chi connectivity index (χ0v) is 11.4. The molecule has 2 fully saturated rings. The van der Waals surface area contributed by atoms with Gasteiger partial charge in [0.25, 0.3) is 0 Å². The summed E-state index contributed by atoms with van der Waals surface area (Å²) in [4.78, 5) is 12.9. The van der Waals surface area contributed by atoms with Gasteiger partial charge in [0.1, 0.15) is 0 Å². The minimum absolute atomic E-state index is 0.120. The Morgan fingerprint density at radius 3 is 2.67 bits per heavy atom. The maximum Gasteiger partial charge on any atom is 0.303 e. The minimum Gasteiger partial charge on any atom is -0.481 e. The van der Waals surface area contributed by atoms with Gasteiger partial charge < -0.3 is 5.11 Å². The zero-order valence-electron chi connectivity index (χ0n) is 10.5. The maximum absolute atomic E-state index is 11.5. The van der Waals surface area contributed by atoms with Crippen molar-refractivity contribution in [2.45, 2.75) is 50.6 Å². The first kappa shape index (κ1) is 13.8. The van der Waals surface area contributed by atoms with E-state index >= 15 is 0 Å². The highest BCUT2D eigenvalue weighted by Crippen LogP contribution is 2.28. The number of likely N-dealkylation sites (tertiary alicyclic amines) is 1.